The maximum atomic E-state index is 11.8. The van der Waals surface area contributed by atoms with Gasteiger partial charge in [0, 0.05) is 12.6 Å². The molecule has 1 amide bonds. The Kier molecular flexibility index (Phi) is 3.68. The molecule has 4 N–H and O–H groups in total. The summed E-state index contributed by atoms with van der Waals surface area (Å²) < 4.78 is 0. The van der Waals surface area contributed by atoms with E-state index >= 15 is 0 Å². The minimum atomic E-state index is -0.131. The molecule has 0 bridgehead atoms. The van der Waals surface area contributed by atoms with Crippen LogP contribution in [-0.2, 0) is 0 Å². The van der Waals surface area contributed by atoms with E-state index in [9.17, 15) is 4.79 Å². The molecule has 1 aromatic heterocycles. The Balaban J connectivity index is 2.01. The van der Waals surface area contributed by atoms with Crippen LogP contribution in [0.15, 0.2) is 18.7 Å². The van der Waals surface area contributed by atoms with E-state index in [-0.39, 0.29) is 5.91 Å². The van der Waals surface area contributed by atoms with Gasteiger partial charge in [0.2, 0.25) is 0 Å². The molecule has 5 heteroatoms. The number of hydrogen-bond acceptors (Lipinski definition) is 4. The fourth-order valence-electron chi connectivity index (χ4n) is 1.65. The van der Waals surface area contributed by atoms with Crippen LogP contribution >= 0.6 is 11.3 Å². The van der Waals surface area contributed by atoms with Crippen LogP contribution in [0.4, 0.5) is 10.7 Å². The zero-order valence-electron chi connectivity index (χ0n) is 9.66. The van der Waals surface area contributed by atoms with E-state index in [0.717, 1.165) is 5.00 Å². The predicted octanol–water partition coefficient (Wildman–Crippen LogP) is 2.21. The quantitative estimate of drug-likeness (QED) is 0.703. The van der Waals surface area contributed by atoms with Crippen LogP contribution in [0.2, 0.25) is 0 Å². The Bertz CT molecular complexity index is 423. The molecule has 1 saturated carbocycles. The first-order chi connectivity index (χ1) is 8.20. The maximum Gasteiger partial charge on any atom is 0.263 e. The zero-order chi connectivity index (χ0) is 12.3. The van der Waals surface area contributed by atoms with Crippen LogP contribution in [-0.4, -0.2) is 18.5 Å². The minimum absolute atomic E-state index is 0.131. The van der Waals surface area contributed by atoms with Crippen molar-refractivity contribution >= 4 is 27.9 Å². The summed E-state index contributed by atoms with van der Waals surface area (Å²) in [7, 11) is 0. The van der Waals surface area contributed by atoms with Crippen LogP contribution in [0, 0.1) is 0 Å². The van der Waals surface area contributed by atoms with Crippen LogP contribution in [0.25, 0.3) is 0 Å². The third-order valence-corrected chi connectivity index (χ3v) is 3.91. The summed E-state index contributed by atoms with van der Waals surface area (Å²) in [6.07, 6.45) is 5.34. The van der Waals surface area contributed by atoms with Crippen LogP contribution in [0.1, 0.15) is 28.9 Å². The second-order valence-corrected chi connectivity index (χ2v) is 5.22. The summed E-state index contributed by atoms with van der Waals surface area (Å²) in [5.41, 5.74) is 6.37. The molecule has 0 atom stereocenters. The molecule has 0 aromatic carbocycles. The monoisotopic (exact) mass is 251 g/mol. The fourth-order valence-corrected chi connectivity index (χ4v) is 2.63. The standard InChI is InChI=1S/C12H17N3OS/c1-2-6-14-12(16)11-9(13)7-10(17-11)15-8-4-3-5-8/h2,7-8,15H,1,3-6,13H2,(H,14,16). The summed E-state index contributed by atoms with van der Waals surface area (Å²) >= 11 is 1.41. The van der Waals surface area contributed by atoms with E-state index < -0.39 is 0 Å². The van der Waals surface area contributed by atoms with E-state index in [0.29, 0.717) is 23.2 Å². The van der Waals surface area contributed by atoms with E-state index in [1.807, 2.05) is 6.07 Å². The van der Waals surface area contributed by atoms with Gasteiger partial charge < -0.3 is 16.4 Å². The van der Waals surface area contributed by atoms with Crippen LogP contribution in [0.5, 0.6) is 0 Å². The first kappa shape index (κ1) is 12.0. The fraction of sp³-hybridized carbons (Fsp3) is 0.417. The number of hydrogen-bond donors (Lipinski definition) is 3. The Morgan fingerprint density at radius 2 is 2.41 bits per heavy atom. The largest absolute Gasteiger partial charge is 0.397 e. The molecule has 1 aliphatic carbocycles. The molecular formula is C12H17N3OS. The zero-order valence-corrected chi connectivity index (χ0v) is 10.5. The molecule has 1 heterocycles. The van der Waals surface area contributed by atoms with Crippen molar-refractivity contribution in [3.05, 3.63) is 23.6 Å². The summed E-state index contributed by atoms with van der Waals surface area (Å²) in [5.74, 6) is -0.131. The number of anilines is 2. The highest BCUT2D eigenvalue weighted by Crippen LogP contribution is 2.32. The first-order valence-corrected chi connectivity index (χ1v) is 6.57. The minimum Gasteiger partial charge on any atom is -0.397 e. The number of rotatable bonds is 5. The van der Waals surface area contributed by atoms with E-state index in [4.69, 9.17) is 5.73 Å². The predicted molar refractivity (Wildman–Crippen MR) is 72.5 cm³/mol. The smallest absolute Gasteiger partial charge is 0.263 e. The molecule has 17 heavy (non-hydrogen) atoms. The molecule has 0 unspecified atom stereocenters. The van der Waals surface area contributed by atoms with Gasteiger partial charge in [-0.15, -0.1) is 17.9 Å². The summed E-state index contributed by atoms with van der Waals surface area (Å²) in [6, 6.07) is 2.39. The van der Waals surface area contributed by atoms with E-state index in [1.165, 1.54) is 30.6 Å². The molecule has 1 fully saturated rings. The second-order valence-electron chi connectivity index (χ2n) is 4.17. The maximum absolute atomic E-state index is 11.8. The van der Waals surface area contributed by atoms with Crippen molar-refractivity contribution in [3.63, 3.8) is 0 Å². The molecule has 0 spiro atoms. The normalized spacial score (nSPS) is 15.1. The van der Waals surface area contributed by atoms with Crippen LogP contribution in [0.3, 0.4) is 0 Å². The van der Waals surface area contributed by atoms with Gasteiger partial charge >= 0.3 is 0 Å². The van der Waals surface area contributed by atoms with Gasteiger partial charge in [-0.1, -0.05) is 6.08 Å². The molecule has 1 aromatic rings. The van der Waals surface area contributed by atoms with E-state index in [1.54, 1.807) is 6.08 Å². The van der Waals surface area contributed by atoms with Crippen molar-refractivity contribution in [2.75, 3.05) is 17.6 Å². The molecule has 4 nitrogen and oxygen atoms in total. The van der Waals surface area contributed by atoms with Gasteiger partial charge in [-0.2, -0.15) is 0 Å². The molecule has 2 rings (SSSR count). The van der Waals surface area contributed by atoms with Gasteiger partial charge in [0.15, 0.2) is 0 Å². The van der Waals surface area contributed by atoms with Gasteiger partial charge in [0.25, 0.3) is 5.91 Å². The highest BCUT2D eigenvalue weighted by atomic mass is 32.1. The summed E-state index contributed by atoms with van der Waals surface area (Å²) in [5, 5.41) is 7.10. The first-order valence-electron chi connectivity index (χ1n) is 5.75. The number of thiophene rings is 1. The highest BCUT2D eigenvalue weighted by Gasteiger charge is 2.19. The number of nitrogens with two attached hydrogens (primary N) is 1. The van der Waals surface area contributed by atoms with Crippen molar-refractivity contribution in [2.24, 2.45) is 0 Å². The van der Waals surface area contributed by atoms with Crippen molar-refractivity contribution in [1.82, 2.24) is 5.32 Å². The number of nitrogen functional groups attached to an aromatic ring is 1. The van der Waals surface area contributed by atoms with Gasteiger partial charge in [-0.05, 0) is 25.3 Å². The molecule has 0 saturated heterocycles. The average Bonchev–Trinajstić information content (AvgIpc) is 2.62. The Labute approximate surface area is 105 Å². The van der Waals surface area contributed by atoms with Crippen molar-refractivity contribution in [1.29, 1.82) is 0 Å². The van der Waals surface area contributed by atoms with Crippen molar-refractivity contribution < 1.29 is 4.79 Å². The molecule has 92 valence electrons. The number of nitrogens with one attached hydrogen (secondary N) is 2. The lowest BCUT2D eigenvalue weighted by Gasteiger charge is -2.26. The van der Waals surface area contributed by atoms with Crippen molar-refractivity contribution in [2.45, 2.75) is 25.3 Å². The van der Waals surface area contributed by atoms with Crippen molar-refractivity contribution in [3.8, 4) is 0 Å². The Morgan fingerprint density at radius 3 is 3.00 bits per heavy atom. The number of carbonyl (C=O) groups excluding carboxylic acids is 1. The van der Waals surface area contributed by atoms with Gasteiger partial charge in [-0.25, -0.2) is 0 Å². The highest BCUT2D eigenvalue weighted by molar-refractivity contribution is 7.18. The lowest BCUT2D eigenvalue weighted by atomic mass is 9.93. The summed E-state index contributed by atoms with van der Waals surface area (Å²) in [4.78, 5) is 12.3. The lowest BCUT2D eigenvalue weighted by molar-refractivity contribution is 0.0963. The summed E-state index contributed by atoms with van der Waals surface area (Å²) in [6.45, 7) is 4.02. The third-order valence-electron chi connectivity index (χ3n) is 2.83. The van der Waals surface area contributed by atoms with E-state index in [2.05, 4.69) is 17.2 Å². The Morgan fingerprint density at radius 1 is 1.65 bits per heavy atom. The van der Waals surface area contributed by atoms with Crippen LogP contribution < -0.4 is 16.4 Å². The molecule has 0 aliphatic heterocycles. The second kappa shape index (κ2) is 5.23. The van der Waals surface area contributed by atoms with Gasteiger partial charge in [0.1, 0.15) is 4.88 Å². The lowest BCUT2D eigenvalue weighted by Crippen LogP contribution is -2.26. The number of carbonyl (C=O) groups is 1. The molecular weight excluding hydrogens is 234 g/mol. The number of amides is 1. The molecule has 0 radical (unpaired) electrons. The molecule has 1 aliphatic rings. The Hall–Kier alpha value is -1.49. The topological polar surface area (TPSA) is 67.2 Å². The average molecular weight is 251 g/mol. The van der Waals surface area contributed by atoms with Gasteiger partial charge in [-0.3, -0.25) is 4.79 Å². The third kappa shape index (κ3) is 2.79. The SMILES string of the molecule is C=CCNC(=O)c1sc(NC2CCC2)cc1N. The van der Waals surface area contributed by atoms with Gasteiger partial charge in [0.05, 0.1) is 10.7 Å².